The van der Waals surface area contributed by atoms with Gasteiger partial charge in [-0.3, -0.25) is 15.0 Å². The Labute approximate surface area is 176 Å². The largest absolute Gasteiger partial charge is 0.444 e. The zero-order valence-corrected chi connectivity index (χ0v) is 17.9. The minimum absolute atomic E-state index is 0.259. The highest BCUT2D eigenvalue weighted by molar-refractivity contribution is 6.06. The highest BCUT2D eigenvalue weighted by Gasteiger charge is 2.33. The normalized spacial score (nSPS) is 16.6. The van der Waals surface area contributed by atoms with Crippen molar-refractivity contribution in [3.63, 3.8) is 0 Å². The number of carbonyl (C=O) groups excluding carboxylic acids is 3. The van der Waals surface area contributed by atoms with Crippen molar-refractivity contribution in [1.29, 1.82) is 0 Å². The maximum absolute atomic E-state index is 13.2. The Hall–Kier alpha value is -3.35. The molecule has 2 atom stereocenters. The first-order valence-corrected chi connectivity index (χ1v) is 9.91. The number of fused-ring (bicyclic) bond motifs is 3. The number of alkyl carbamates (subject to hydrolysis) is 1. The summed E-state index contributed by atoms with van der Waals surface area (Å²) < 4.78 is 5.19. The van der Waals surface area contributed by atoms with E-state index in [9.17, 15) is 14.4 Å². The van der Waals surface area contributed by atoms with E-state index in [1.54, 1.807) is 26.8 Å². The summed E-state index contributed by atoms with van der Waals surface area (Å²) in [7, 11) is 0. The minimum Gasteiger partial charge on any atom is -0.444 e. The van der Waals surface area contributed by atoms with Crippen LogP contribution in [-0.2, 0) is 14.3 Å². The minimum atomic E-state index is -0.902. The zero-order valence-electron chi connectivity index (χ0n) is 17.9. The molecule has 0 aromatic heterocycles. The first kappa shape index (κ1) is 21.4. The van der Waals surface area contributed by atoms with E-state index in [-0.39, 0.29) is 5.91 Å². The molecule has 0 spiro atoms. The Balaban J connectivity index is 1.86. The van der Waals surface area contributed by atoms with E-state index in [0.717, 1.165) is 16.7 Å². The van der Waals surface area contributed by atoms with Crippen molar-refractivity contribution in [1.82, 2.24) is 10.7 Å². The van der Waals surface area contributed by atoms with Gasteiger partial charge in [0.2, 0.25) is 0 Å². The number of hydrazine groups is 1. The smallest absolute Gasteiger partial charge is 0.408 e. The Kier molecular flexibility index (Phi) is 5.82. The number of nitrogens with zero attached hydrogens (tertiary/aromatic N) is 1. The Bertz CT molecular complexity index is 980. The van der Waals surface area contributed by atoms with E-state index in [4.69, 9.17) is 4.74 Å². The number of amides is 3. The second kappa shape index (κ2) is 8.18. The fourth-order valence-corrected chi connectivity index (χ4v) is 3.33. The molecule has 158 valence electrons. The highest BCUT2D eigenvalue weighted by Crippen LogP contribution is 2.39. The molecule has 1 heterocycles. The van der Waals surface area contributed by atoms with Crippen molar-refractivity contribution in [2.75, 3.05) is 5.01 Å². The van der Waals surface area contributed by atoms with Gasteiger partial charge in [0.15, 0.2) is 0 Å². The van der Waals surface area contributed by atoms with E-state index >= 15 is 0 Å². The van der Waals surface area contributed by atoms with Crippen LogP contribution in [0.5, 0.6) is 0 Å². The summed E-state index contributed by atoms with van der Waals surface area (Å²) in [6, 6.07) is 14.2. The second-order valence-corrected chi connectivity index (χ2v) is 8.34. The number of hydrogen-bond acceptors (Lipinski definition) is 4. The van der Waals surface area contributed by atoms with E-state index in [1.165, 1.54) is 11.9 Å². The van der Waals surface area contributed by atoms with Crippen molar-refractivity contribution in [2.45, 2.75) is 52.2 Å². The molecule has 0 aliphatic carbocycles. The van der Waals surface area contributed by atoms with Crippen LogP contribution in [0.3, 0.4) is 0 Å². The van der Waals surface area contributed by atoms with Gasteiger partial charge in [0.05, 0.1) is 11.6 Å². The third-order valence-electron chi connectivity index (χ3n) is 4.80. The molecule has 3 rings (SSSR count). The number of benzene rings is 2. The molecular formula is C23H27N3O4. The predicted octanol–water partition coefficient (Wildman–Crippen LogP) is 3.75. The second-order valence-electron chi connectivity index (χ2n) is 8.34. The first-order valence-electron chi connectivity index (χ1n) is 9.91. The molecule has 7 heteroatoms. The average molecular weight is 409 g/mol. The van der Waals surface area contributed by atoms with Gasteiger partial charge in [-0.2, -0.15) is 0 Å². The summed E-state index contributed by atoms with van der Waals surface area (Å²) in [6.45, 7) is 8.57. The van der Waals surface area contributed by atoms with Crippen LogP contribution in [0, 0.1) is 0 Å². The third-order valence-corrected chi connectivity index (χ3v) is 4.80. The summed E-state index contributed by atoms with van der Waals surface area (Å²) in [6.07, 6.45) is -0.700. The number of anilines is 1. The summed E-state index contributed by atoms with van der Waals surface area (Å²) >= 11 is 0. The Morgan fingerprint density at radius 3 is 2.30 bits per heavy atom. The lowest BCUT2D eigenvalue weighted by Gasteiger charge is -2.27. The van der Waals surface area contributed by atoms with Crippen molar-refractivity contribution in [3.8, 4) is 11.1 Å². The average Bonchev–Trinajstić information content (AvgIpc) is 2.76. The van der Waals surface area contributed by atoms with Crippen LogP contribution >= 0.6 is 0 Å². The van der Waals surface area contributed by atoms with Crippen molar-refractivity contribution < 1.29 is 19.1 Å². The van der Waals surface area contributed by atoms with E-state index < -0.39 is 29.6 Å². The molecule has 0 saturated carbocycles. The van der Waals surface area contributed by atoms with E-state index in [2.05, 4.69) is 10.7 Å². The summed E-state index contributed by atoms with van der Waals surface area (Å²) in [4.78, 5) is 38.0. The molecule has 0 radical (unpaired) electrons. The zero-order chi connectivity index (χ0) is 22.1. The summed E-state index contributed by atoms with van der Waals surface area (Å²) in [5.41, 5.74) is 5.26. The monoisotopic (exact) mass is 409 g/mol. The van der Waals surface area contributed by atoms with Crippen molar-refractivity contribution >= 4 is 23.6 Å². The van der Waals surface area contributed by atoms with Gasteiger partial charge in [-0.25, -0.2) is 9.80 Å². The van der Waals surface area contributed by atoms with Crippen LogP contribution in [-0.4, -0.2) is 29.6 Å². The van der Waals surface area contributed by atoms with Gasteiger partial charge in [0.1, 0.15) is 11.6 Å². The molecule has 0 fully saturated rings. The Morgan fingerprint density at radius 2 is 1.63 bits per heavy atom. The topological polar surface area (TPSA) is 87.7 Å². The van der Waals surface area contributed by atoms with Crippen molar-refractivity contribution in [2.24, 2.45) is 0 Å². The fraction of sp³-hybridized carbons (Fsp3) is 0.348. The van der Waals surface area contributed by atoms with Crippen molar-refractivity contribution in [3.05, 3.63) is 54.1 Å². The number of nitrogens with one attached hydrogen (secondary N) is 2. The van der Waals surface area contributed by atoms with E-state index in [0.29, 0.717) is 5.69 Å². The maximum atomic E-state index is 13.2. The summed E-state index contributed by atoms with van der Waals surface area (Å²) in [5, 5.41) is 3.77. The standard InChI is InChI=1S/C23H27N3O4/c1-14-16-10-6-7-11-17(16)18-12-8-9-13-19(18)26(21(14)28)25-20(27)15(2)24-22(29)30-23(3,4)5/h6-15H,1-5H3,(H,24,29)(H,25,27)/t14-,15+/m1/s1. The first-order chi connectivity index (χ1) is 14.1. The molecule has 2 N–H and O–H groups in total. The maximum Gasteiger partial charge on any atom is 0.408 e. The van der Waals surface area contributed by atoms with Gasteiger partial charge in [-0.05, 0) is 51.8 Å². The molecule has 30 heavy (non-hydrogen) atoms. The number of carbonyl (C=O) groups is 3. The lowest BCUT2D eigenvalue weighted by Crippen LogP contribution is -2.54. The van der Waals surface area contributed by atoms with Gasteiger partial charge in [0.25, 0.3) is 11.8 Å². The van der Waals surface area contributed by atoms with Crippen LogP contribution in [0.25, 0.3) is 11.1 Å². The van der Waals surface area contributed by atoms with Crippen LogP contribution in [0.2, 0.25) is 0 Å². The van der Waals surface area contributed by atoms with Crippen LogP contribution in [0.4, 0.5) is 10.5 Å². The number of hydrogen-bond donors (Lipinski definition) is 2. The van der Waals surface area contributed by atoms with E-state index in [1.807, 2.05) is 49.4 Å². The fourth-order valence-electron chi connectivity index (χ4n) is 3.33. The lowest BCUT2D eigenvalue weighted by molar-refractivity contribution is -0.127. The van der Waals surface area contributed by atoms with Crippen LogP contribution < -0.4 is 15.8 Å². The Morgan fingerprint density at radius 1 is 1.03 bits per heavy atom. The number of para-hydroxylation sites is 1. The van der Waals surface area contributed by atoms with Gasteiger partial charge < -0.3 is 10.1 Å². The SMILES string of the molecule is C[C@H](NC(=O)OC(C)(C)C)C(=O)NN1C(=O)[C@H](C)c2ccccc2-c2ccccc21. The molecule has 3 amide bonds. The van der Waals surface area contributed by atoms with Crippen LogP contribution in [0.1, 0.15) is 46.1 Å². The van der Waals surface area contributed by atoms with Crippen LogP contribution in [0.15, 0.2) is 48.5 Å². The molecule has 0 saturated heterocycles. The molecular weight excluding hydrogens is 382 g/mol. The van der Waals surface area contributed by atoms with Gasteiger partial charge in [0, 0.05) is 5.56 Å². The molecule has 2 aromatic carbocycles. The van der Waals surface area contributed by atoms with Gasteiger partial charge >= 0.3 is 6.09 Å². The van der Waals surface area contributed by atoms with Gasteiger partial charge in [-0.1, -0.05) is 42.5 Å². The predicted molar refractivity (Wildman–Crippen MR) is 115 cm³/mol. The highest BCUT2D eigenvalue weighted by atomic mass is 16.6. The quantitative estimate of drug-likeness (QED) is 0.808. The molecule has 0 bridgehead atoms. The molecule has 2 aromatic rings. The molecule has 1 aliphatic heterocycles. The molecule has 1 aliphatic rings. The molecule has 0 unspecified atom stereocenters. The lowest BCUT2D eigenvalue weighted by atomic mass is 9.92. The summed E-state index contributed by atoms with van der Waals surface area (Å²) in [5.74, 6) is -1.24. The third kappa shape index (κ3) is 4.45. The molecule has 7 nitrogen and oxygen atoms in total. The number of rotatable bonds is 3. The van der Waals surface area contributed by atoms with Gasteiger partial charge in [-0.15, -0.1) is 0 Å². The number of ether oxygens (including phenoxy) is 1.